The third-order valence-corrected chi connectivity index (χ3v) is 5.69. The fourth-order valence-corrected chi connectivity index (χ4v) is 4.42. The number of esters is 1. The van der Waals surface area contributed by atoms with Gasteiger partial charge >= 0.3 is 5.97 Å². The summed E-state index contributed by atoms with van der Waals surface area (Å²) >= 11 is 1.61. The zero-order valence-electron chi connectivity index (χ0n) is 14.2. The van der Waals surface area contributed by atoms with E-state index in [0.717, 1.165) is 29.7 Å². The summed E-state index contributed by atoms with van der Waals surface area (Å²) in [4.78, 5) is 31.5. The summed E-state index contributed by atoms with van der Waals surface area (Å²) in [7, 11) is 1.54. The normalized spacial score (nSPS) is 18.4. The van der Waals surface area contributed by atoms with Crippen LogP contribution in [0.1, 0.15) is 36.8 Å². The fraction of sp³-hybridized carbons (Fsp3) is 0.588. The van der Waals surface area contributed by atoms with Crippen molar-refractivity contribution in [2.75, 3.05) is 20.3 Å². The summed E-state index contributed by atoms with van der Waals surface area (Å²) in [6.45, 7) is 4.40. The van der Waals surface area contributed by atoms with Crippen LogP contribution in [0.4, 0.5) is 0 Å². The summed E-state index contributed by atoms with van der Waals surface area (Å²) < 4.78 is 11.4. The highest BCUT2D eigenvalue weighted by molar-refractivity contribution is 7.18. The molecule has 2 atom stereocenters. The SMILES string of the molecule is COCCOC(=O)[C@H](C)n1cnc2sc3c(c2c1=O)CC[C@@H](C)C3. The number of methoxy groups -OCH3 is 1. The van der Waals surface area contributed by atoms with Crippen LogP contribution in [0.15, 0.2) is 11.1 Å². The van der Waals surface area contributed by atoms with Gasteiger partial charge in [-0.25, -0.2) is 9.78 Å². The van der Waals surface area contributed by atoms with Crippen LogP contribution >= 0.6 is 11.3 Å². The summed E-state index contributed by atoms with van der Waals surface area (Å²) in [6, 6.07) is -0.704. The quantitative estimate of drug-likeness (QED) is 0.611. The Bertz CT molecular complexity index is 811. The average molecular weight is 350 g/mol. The topological polar surface area (TPSA) is 70.4 Å². The van der Waals surface area contributed by atoms with E-state index in [1.807, 2.05) is 0 Å². The van der Waals surface area contributed by atoms with Crippen molar-refractivity contribution >= 4 is 27.5 Å². The molecule has 2 heterocycles. The van der Waals surface area contributed by atoms with Crippen LogP contribution in [0.5, 0.6) is 0 Å². The van der Waals surface area contributed by atoms with Crippen LogP contribution in [0, 0.1) is 5.92 Å². The van der Waals surface area contributed by atoms with Crippen LogP contribution in [0.25, 0.3) is 10.2 Å². The van der Waals surface area contributed by atoms with E-state index in [-0.39, 0.29) is 12.2 Å². The van der Waals surface area contributed by atoms with Crippen LogP contribution in [-0.2, 0) is 27.1 Å². The van der Waals surface area contributed by atoms with Crippen molar-refractivity contribution in [2.24, 2.45) is 5.92 Å². The molecule has 24 heavy (non-hydrogen) atoms. The lowest BCUT2D eigenvalue weighted by Crippen LogP contribution is -2.30. The number of aromatic nitrogens is 2. The van der Waals surface area contributed by atoms with E-state index in [1.54, 1.807) is 25.4 Å². The maximum atomic E-state index is 12.9. The van der Waals surface area contributed by atoms with Crippen molar-refractivity contribution in [1.29, 1.82) is 0 Å². The van der Waals surface area contributed by atoms with Gasteiger partial charge in [0.05, 0.1) is 18.3 Å². The molecule has 7 heteroatoms. The first-order valence-electron chi connectivity index (χ1n) is 8.20. The van der Waals surface area contributed by atoms with Crippen LogP contribution in [0.3, 0.4) is 0 Å². The number of aryl methyl sites for hydroxylation is 1. The summed E-state index contributed by atoms with van der Waals surface area (Å²) in [5.74, 6) is 0.190. The first kappa shape index (κ1) is 17.1. The number of hydrogen-bond donors (Lipinski definition) is 0. The minimum Gasteiger partial charge on any atom is -0.462 e. The lowest BCUT2D eigenvalue weighted by molar-refractivity contribution is -0.148. The Morgan fingerprint density at radius 2 is 2.29 bits per heavy atom. The fourth-order valence-electron chi connectivity index (χ4n) is 3.08. The molecular formula is C17H22N2O4S. The van der Waals surface area contributed by atoms with Crippen LogP contribution in [-0.4, -0.2) is 35.8 Å². The van der Waals surface area contributed by atoms with Crippen molar-refractivity contribution in [3.05, 3.63) is 27.1 Å². The highest BCUT2D eigenvalue weighted by Gasteiger charge is 2.25. The standard InChI is InChI=1S/C17H22N2O4S/c1-10-4-5-12-13(8-10)24-15-14(12)16(20)19(9-18-15)11(2)17(21)23-7-6-22-3/h9-11H,4-8H2,1-3H3/t10-,11+/m1/s1. The molecule has 0 aromatic carbocycles. The minimum atomic E-state index is -0.704. The summed E-state index contributed by atoms with van der Waals surface area (Å²) in [5.41, 5.74) is 0.975. The molecule has 0 radical (unpaired) electrons. The molecule has 6 nitrogen and oxygen atoms in total. The van der Waals surface area contributed by atoms with Crippen molar-refractivity contribution in [2.45, 2.75) is 39.2 Å². The Morgan fingerprint density at radius 1 is 1.50 bits per heavy atom. The van der Waals surface area contributed by atoms with E-state index in [2.05, 4.69) is 11.9 Å². The van der Waals surface area contributed by atoms with Crippen LogP contribution in [0.2, 0.25) is 0 Å². The minimum absolute atomic E-state index is 0.150. The number of nitrogens with zero attached hydrogens (tertiary/aromatic N) is 2. The van der Waals surface area contributed by atoms with E-state index >= 15 is 0 Å². The monoisotopic (exact) mass is 350 g/mol. The lowest BCUT2D eigenvalue weighted by Gasteiger charge is -2.18. The van der Waals surface area contributed by atoms with Gasteiger partial charge in [-0.1, -0.05) is 6.92 Å². The molecule has 2 aromatic heterocycles. The van der Waals surface area contributed by atoms with Gasteiger partial charge in [0.1, 0.15) is 17.5 Å². The lowest BCUT2D eigenvalue weighted by atomic mass is 9.89. The summed E-state index contributed by atoms with van der Waals surface area (Å²) in [6.07, 6.45) is 4.45. The molecular weight excluding hydrogens is 328 g/mol. The second-order valence-corrected chi connectivity index (χ2v) is 7.41. The van der Waals surface area contributed by atoms with E-state index < -0.39 is 12.0 Å². The van der Waals surface area contributed by atoms with E-state index in [1.165, 1.54) is 15.8 Å². The van der Waals surface area contributed by atoms with Crippen LogP contribution < -0.4 is 5.56 Å². The Labute approximate surface area is 144 Å². The summed E-state index contributed by atoms with van der Waals surface area (Å²) in [5, 5.41) is 0.681. The van der Waals surface area contributed by atoms with Gasteiger partial charge in [0.15, 0.2) is 0 Å². The second kappa shape index (κ2) is 7.03. The Hall–Kier alpha value is -1.73. The number of ether oxygens (including phenoxy) is 2. The molecule has 2 aromatic rings. The average Bonchev–Trinajstić information content (AvgIpc) is 2.92. The van der Waals surface area contributed by atoms with Gasteiger partial charge < -0.3 is 9.47 Å². The number of thiophene rings is 1. The Kier molecular flexibility index (Phi) is 5.01. The molecule has 0 aliphatic heterocycles. The molecule has 0 N–H and O–H groups in total. The molecule has 0 bridgehead atoms. The van der Waals surface area contributed by atoms with Crippen molar-refractivity contribution in [3.63, 3.8) is 0 Å². The maximum absolute atomic E-state index is 12.9. The Balaban J connectivity index is 1.94. The molecule has 0 unspecified atom stereocenters. The molecule has 0 spiro atoms. The third kappa shape index (κ3) is 3.10. The number of rotatable bonds is 5. The molecule has 3 rings (SSSR count). The molecule has 1 aliphatic rings. The largest absolute Gasteiger partial charge is 0.462 e. The highest BCUT2D eigenvalue weighted by Crippen LogP contribution is 2.35. The molecule has 130 valence electrons. The Morgan fingerprint density at radius 3 is 3.04 bits per heavy atom. The highest BCUT2D eigenvalue weighted by atomic mass is 32.1. The van der Waals surface area contributed by atoms with Crippen molar-refractivity contribution in [1.82, 2.24) is 9.55 Å². The van der Waals surface area contributed by atoms with Gasteiger partial charge in [-0.05, 0) is 37.7 Å². The van der Waals surface area contributed by atoms with Gasteiger partial charge in [0.2, 0.25) is 0 Å². The molecule has 0 amide bonds. The van der Waals surface area contributed by atoms with E-state index in [4.69, 9.17) is 9.47 Å². The first-order chi connectivity index (χ1) is 11.5. The van der Waals surface area contributed by atoms with Gasteiger partial charge in [-0.2, -0.15) is 0 Å². The maximum Gasteiger partial charge on any atom is 0.329 e. The first-order valence-corrected chi connectivity index (χ1v) is 9.01. The zero-order chi connectivity index (χ0) is 17.3. The number of carbonyl (C=O) groups excluding carboxylic acids is 1. The molecule has 0 saturated carbocycles. The number of hydrogen-bond acceptors (Lipinski definition) is 6. The molecule has 0 saturated heterocycles. The number of fused-ring (bicyclic) bond motifs is 3. The second-order valence-electron chi connectivity index (χ2n) is 6.33. The van der Waals surface area contributed by atoms with E-state index in [0.29, 0.717) is 17.9 Å². The molecule has 1 aliphatic carbocycles. The van der Waals surface area contributed by atoms with Crippen molar-refractivity contribution in [3.8, 4) is 0 Å². The number of carbonyl (C=O) groups is 1. The van der Waals surface area contributed by atoms with Gasteiger partial charge in [-0.15, -0.1) is 11.3 Å². The zero-order valence-corrected chi connectivity index (χ0v) is 15.0. The van der Waals surface area contributed by atoms with Gasteiger partial charge in [0, 0.05) is 12.0 Å². The van der Waals surface area contributed by atoms with Gasteiger partial charge in [0.25, 0.3) is 5.56 Å². The third-order valence-electron chi connectivity index (χ3n) is 4.53. The predicted octanol–water partition coefficient (Wildman–Crippen LogP) is 2.33. The van der Waals surface area contributed by atoms with Crippen molar-refractivity contribution < 1.29 is 14.3 Å². The molecule has 0 fully saturated rings. The van der Waals surface area contributed by atoms with Gasteiger partial charge in [-0.3, -0.25) is 9.36 Å². The predicted molar refractivity (Wildman–Crippen MR) is 92.6 cm³/mol. The smallest absolute Gasteiger partial charge is 0.329 e. The van der Waals surface area contributed by atoms with E-state index in [9.17, 15) is 9.59 Å².